The van der Waals surface area contributed by atoms with Crippen LogP contribution in [-0.2, 0) is 0 Å². The van der Waals surface area contributed by atoms with Crippen molar-refractivity contribution in [3.8, 4) is 17.2 Å². The lowest BCUT2D eigenvalue weighted by Crippen LogP contribution is -1.87. The van der Waals surface area contributed by atoms with Crippen LogP contribution < -0.4 is 0 Å². The van der Waals surface area contributed by atoms with E-state index in [2.05, 4.69) is 0 Å². The monoisotopic (exact) mass is 215 g/mol. The molecule has 0 aliphatic rings. The molecule has 0 unspecified atom stereocenters. The van der Waals surface area contributed by atoms with Gasteiger partial charge in [0, 0.05) is 5.56 Å². The summed E-state index contributed by atoms with van der Waals surface area (Å²) >= 11 is 0. The number of halogens is 2. The van der Waals surface area contributed by atoms with Gasteiger partial charge in [-0.05, 0) is 35.9 Å². The lowest BCUT2D eigenvalue weighted by atomic mass is 10.0. The first-order chi connectivity index (χ1) is 7.70. The zero-order valence-corrected chi connectivity index (χ0v) is 8.24. The van der Waals surface area contributed by atoms with Crippen LogP contribution in [0.15, 0.2) is 42.5 Å². The van der Waals surface area contributed by atoms with Gasteiger partial charge in [-0.25, -0.2) is 8.78 Å². The fourth-order valence-corrected chi connectivity index (χ4v) is 1.51. The fraction of sp³-hybridized carbons (Fsp3) is 0. The fourth-order valence-electron chi connectivity index (χ4n) is 1.51. The highest BCUT2D eigenvalue weighted by Crippen LogP contribution is 2.24. The Morgan fingerprint density at radius 1 is 0.938 bits per heavy atom. The largest absolute Gasteiger partial charge is 0.207 e. The van der Waals surface area contributed by atoms with Gasteiger partial charge in [-0.1, -0.05) is 12.1 Å². The predicted molar refractivity (Wildman–Crippen MR) is 56.5 cm³/mol. The third-order valence-corrected chi connectivity index (χ3v) is 2.24. The summed E-state index contributed by atoms with van der Waals surface area (Å²) in [4.78, 5) is 0. The Bertz CT molecular complexity index is 570. The summed E-state index contributed by atoms with van der Waals surface area (Å²) in [6.45, 7) is 0. The molecule has 0 heterocycles. The van der Waals surface area contributed by atoms with Crippen molar-refractivity contribution >= 4 is 0 Å². The van der Waals surface area contributed by atoms with E-state index in [9.17, 15) is 8.78 Å². The SMILES string of the molecule is N#Cc1ccc(F)cc1-c1cccc(F)c1. The molecule has 1 nitrogen and oxygen atoms in total. The molecule has 0 bridgehead atoms. The molecule has 0 spiro atoms. The first-order valence-corrected chi connectivity index (χ1v) is 4.66. The first-order valence-electron chi connectivity index (χ1n) is 4.66. The van der Waals surface area contributed by atoms with Gasteiger partial charge in [0.2, 0.25) is 0 Å². The summed E-state index contributed by atoms with van der Waals surface area (Å²) in [5, 5.41) is 8.87. The zero-order chi connectivity index (χ0) is 11.5. The van der Waals surface area contributed by atoms with Crippen LogP contribution in [0.25, 0.3) is 11.1 Å². The molecule has 78 valence electrons. The molecule has 0 amide bonds. The van der Waals surface area contributed by atoms with Gasteiger partial charge in [0.25, 0.3) is 0 Å². The number of nitrogens with zero attached hydrogens (tertiary/aromatic N) is 1. The second kappa shape index (κ2) is 4.11. The average molecular weight is 215 g/mol. The van der Waals surface area contributed by atoms with Crippen molar-refractivity contribution in [2.75, 3.05) is 0 Å². The highest BCUT2D eigenvalue weighted by Gasteiger charge is 2.06. The molecule has 16 heavy (non-hydrogen) atoms. The van der Waals surface area contributed by atoms with Crippen molar-refractivity contribution in [2.45, 2.75) is 0 Å². The second-order valence-electron chi connectivity index (χ2n) is 3.31. The molecule has 2 aromatic rings. The quantitative estimate of drug-likeness (QED) is 0.714. The van der Waals surface area contributed by atoms with E-state index in [4.69, 9.17) is 5.26 Å². The van der Waals surface area contributed by atoms with E-state index < -0.39 is 11.6 Å². The molecule has 0 aliphatic heterocycles. The van der Waals surface area contributed by atoms with Crippen molar-refractivity contribution < 1.29 is 8.78 Å². The maximum absolute atomic E-state index is 13.1. The highest BCUT2D eigenvalue weighted by molar-refractivity contribution is 5.70. The molecule has 0 radical (unpaired) electrons. The predicted octanol–water partition coefficient (Wildman–Crippen LogP) is 3.50. The molecular formula is C13H7F2N. The smallest absolute Gasteiger partial charge is 0.123 e. The Labute approximate surface area is 91.6 Å². The minimum absolute atomic E-state index is 0.326. The van der Waals surface area contributed by atoms with Crippen LogP contribution in [0, 0.1) is 23.0 Å². The topological polar surface area (TPSA) is 23.8 Å². The van der Waals surface area contributed by atoms with Crippen molar-refractivity contribution in [3.05, 3.63) is 59.7 Å². The van der Waals surface area contributed by atoms with Crippen molar-refractivity contribution in [1.29, 1.82) is 5.26 Å². The van der Waals surface area contributed by atoms with Gasteiger partial charge in [-0.15, -0.1) is 0 Å². The van der Waals surface area contributed by atoms with Crippen molar-refractivity contribution in [2.24, 2.45) is 0 Å². The number of hydrogen-bond donors (Lipinski definition) is 0. The van der Waals surface area contributed by atoms with E-state index >= 15 is 0 Å². The number of hydrogen-bond acceptors (Lipinski definition) is 1. The van der Waals surface area contributed by atoms with Crippen molar-refractivity contribution in [3.63, 3.8) is 0 Å². The Morgan fingerprint density at radius 3 is 2.38 bits per heavy atom. The Balaban J connectivity index is 2.64. The van der Waals surface area contributed by atoms with Gasteiger partial charge in [0.15, 0.2) is 0 Å². The van der Waals surface area contributed by atoms with E-state index in [0.717, 1.165) is 0 Å². The zero-order valence-electron chi connectivity index (χ0n) is 8.24. The van der Waals surface area contributed by atoms with E-state index in [1.807, 2.05) is 6.07 Å². The van der Waals surface area contributed by atoms with Crippen LogP contribution in [0.3, 0.4) is 0 Å². The molecule has 0 saturated heterocycles. The van der Waals surface area contributed by atoms with Gasteiger partial charge in [-0.3, -0.25) is 0 Å². The molecular weight excluding hydrogens is 208 g/mol. The minimum atomic E-state index is -0.446. The lowest BCUT2D eigenvalue weighted by molar-refractivity contribution is 0.626. The highest BCUT2D eigenvalue weighted by atomic mass is 19.1. The van der Waals surface area contributed by atoms with E-state index in [1.54, 1.807) is 6.07 Å². The van der Waals surface area contributed by atoms with Gasteiger partial charge >= 0.3 is 0 Å². The van der Waals surface area contributed by atoms with Crippen LogP contribution in [0.5, 0.6) is 0 Å². The van der Waals surface area contributed by atoms with Gasteiger partial charge in [0.05, 0.1) is 11.6 Å². The first kappa shape index (κ1) is 10.3. The number of rotatable bonds is 1. The lowest BCUT2D eigenvalue weighted by Gasteiger charge is -2.04. The normalized spacial score (nSPS) is 9.81. The third-order valence-electron chi connectivity index (χ3n) is 2.24. The summed E-state index contributed by atoms with van der Waals surface area (Å²) in [5.41, 5.74) is 1.23. The Kier molecular flexibility index (Phi) is 2.65. The summed E-state index contributed by atoms with van der Waals surface area (Å²) < 4.78 is 26.1. The summed E-state index contributed by atoms with van der Waals surface area (Å²) in [5.74, 6) is -0.857. The number of nitriles is 1. The van der Waals surface area contributed by atoms with Gasteiger partial charge in [0.1, 0.15) is 11.6 Å². The van der Waals surface area contributed by atoms with Crippen LogP contribution in [-0.4, -0.2) is 0 Å². The van der Waals surface area contributed by atoms with Crippen LogP contribution in [0.2, 0.25) is 0 Å². The van der Waals surface area contributed by atoms with E-state index in [1.165, 1.54) is 36.4 Å². The number of benzene rings is 2. The molecule has 3 heteroatoms. The molecule has 0 fully saturated rings. The molecule has 0 N–H and O–H groups in total. The standard InChI is InChI=1S/C13H7F2N/c14-11-3-1-2-9(6-11)13-7-12(15)5-4-10(13)8-16/h1-7H. The van der Waals surface area contributed by atoms with Gasteiger partial charge in [-0.2, -0.15) is 5.26 Å². The molecule has 0 aromatic heterocycles. The average Bonchev–Trinajstić information content (AvgIpc) is 2.29. The van der Waals surface area contributed by atoms with Crippen LogP contribution in [0.4, 0.5) is 8.78 Å². The molecule has 0 atom stereocenters. The second-order valence-corrected chi connectivity index (χ2v) is 3.31. The molecule has 2 rings (SSSR count). The summed E-state index contributed by atoms with van der Waals surface area (Å²) in [7, 11) is 0. The van der Waals surface area contributed by atoms with Gasteiger partial charge < -0.3 is 0 Å². The summed E-state index contributed by atoms with van der Waals surface area (Å²) in [6, 6.07) is 11.5. The minimum Gasteiger partial charge on any atom is -0.207 e. The van der Waals surface area contributed by atoms with E-state index in [0.29, 0.717) is 16.7 Å². The van der Waals surface area contributed by atoms with Crippen LogP contribution in [0.1, 0.15) is 5.56 Å². The third kappa shape index (κ3) is 1.91. The van der Waals surface area contributed by atoms with Crippen molar-refractivity contribution in [1.82, 2.24) is 0 Å². The molecule has 2 aromatic carbocycles. The summed E-state index contributed by atoms with van der Waals surface area (Å²) in [6.07, 6.45) is 0. The Morgan fingerprint density at radius 2 is 1.69 bits per heavy atom. The van der Waals surface area contributed by atoms with E-state index in [-0.39, 0.29) is 0 Å². The Hall–Kier alpha value is -2.21. The maximum Gasteiger partial charge on any atom is 0.123 e. The molecule has 0 aliphatic carbocycles. The molecule has 0 saturated carbocycles. The van der Waals surface area contributed by atoms with Crippen LogP contribution >= 0.6 is 0 Å². The maximum atomic E-state index is 13.1.